The summed E-state index contributed by atoms with van der Waals surface area (Å²) < 4.78 is 1.80. The Kier molecular flexibility index (Phi) is 4.20. The monoisotopic (exact) mass is 349 g/mol. The van der Waals surface area contributed by atoms with Gasteiger partial charge in [-0.1, -0.05) is 24.3 Å². The van der Waals surface area contributed by atoms with E-state index >= 15 is 0 Å². The molecule has 3 aromatic rings. The highest BCUT2D eigenvalue weighted by atomic mass is 16.2. The van der Waals surface area contributed by atoms with Crippen LogP contribution in [0.1, 0.15) is 22.4 Å². The van der Waals surface area contributed by atoms with Crippen LogP contribution in [0.25, 0.3) is 11.0 Å². The minimum Gasteiger partial charge on any atom is -0.358 e. The maximum atomic E-state index is 12.5. The first-order chi connectivity index (χ1) is 12.6. The largest absolute Gasteiger partial charge is 0.358 e. The molecule has 1 aromatic carbocycles. The smallest absolute Gasteiger partial charge is 0.237 e. The fourth-order valence-electron chi connectivity index (χ4n) is 3.84. The van der Waals surface area contributed by atoms with E-state index in [4.69, 9.17) is 0 Å². The summed E-state index contributed by atoms with van der Waals surface area (Å²) in [6.45, 7) is 3.44. The summed E-state index contributed by atoms with van der Waals surface area (Å²) in [7, 11) is 3.61. The van der Waals surface area contributed by atoms with E-state index in [-0.39, 0.29) is 11.9 Å². The van der Waals surface area contributed by atoms with Gasteiger partial charge >= 0.3 is 0 Å². The third-order valence-electron chi connectivity index (χ3n) is 5.20. The van der Waals surface area contributed by atoms with Gasteiger partial charge < -0.3 is 5.32 Å². The molecule has 1 atom stereocenters. The number of likely N-dealkylation sites (N-methyl/N-ethyl adjacent to an activating group) is 1. The maximum Gasteiger partial charge on any atom is 0.237 e. The molecule has 0 aliphatic carbocycles. The molecule has 0 unspecified atom stereocenters. The molecule has 0 spiro atoms. The number of benzene rings is 1. The molecule has 1 aliphatic heterocycles. The van der Waals surface area contributed by atoms with Crippen molar-refractivity contribution in [2.24, 2.45) is 7.05 Å². The van der Waals surface area contributed by atoms with E-state index < -0.39 is 0 Å². The molecule has 134 valence electrons. The van der Waals surface area contributed by atoms with Gasteiger partial charge in [0, 0.05) is 38.8 Å². The number of nitrogens with one attached hydrogen (secondary N) is 1. The molecule has 2 aromatic heterocycles. The lowest BCUT2D eigenvalue weighted by Gasteiger charge is -2.35. The molecule has 0 radical (unpaired) electrons. The van der Waals surface area contributed by atoms with Crippen molar-refractivity contribution in [1.82, 2.24) is 25.0 Å². The highest BCUT2D eigenvalue weighted by molar-refractivity contribution is 5.82. The first-order valence-electron chi connectivity index (χ1n) is 8.87. The van der Waals surface area contributed by atoms with Crippen LogP contribution in [0.5, 0.6) is 0 Å². The molecule has 1 N–H and O–H groups in total. The van der Waals surface area contributed by atoms with Crippen LogP contribution in [0, 0.1) is 6.92 Å². The molecule has 0 fully saturated rings. The number of aromatic nitrogens is 3. The predicted molar refractivity (Wildman–Crippen MR) is 100 cm³/mol. The normalized spacial score (nSPS) is 17.3. The van der Waals surface area contributed by atoms with Gasteiger partial charge in [-0.25, -0.2) is 4.98 Å². The quantitative estimate of drug-likeness (QED) is 0.785. The Bertz CT molecular complexity index is 977. The first kappa shape index (κ1) is 16.7. The summed E-state index contributed by atoms with van der Waals surface area (Å²) in [5.74, 6) is 0.0612. The Labute approximate surface area is 152 Å². The van der Waals surface area contributed by atoms with Gasteiger partial charge in [-0.05, 0) is 36.1 Å². The molecule has 1 amide bonds. The number of amides is 1. The number of aryl methyl sites for hydroxylation is 2. The minimum atomic E-state index is -0.166. The highest BCUT2D eigenvalue weighted by Gasteiger charge is 2.30. The van der Waals surface area contributed by atoms with Gasteiger partial charge in [0.2, 0.25) is 5.91 Å². The number of carbonyl (C=O) groups excluding carboxylic acids is 1. The fourth-order valence-corrected chi connectivity index (χ4v) is 3.84. The zero-order chi connectivity index (χ0) is 18.3. The van der Waals surface area contributed by atoms with E-state index in [2.05, 4.69) is 44.6 Å². The van der Waals surface area contributed by atoms with Gasteiger partial charge in [0.25, 0.3) is 0 Å². The lowest BCUT2D eigenvalue weighted by atomic mass is 9.93. The van der Waals surface area contributed by atoms with Crippen molar-refractivity contribution in [3.63, 3.8) is 0 Å². The number of fused-ring (bicyclic) bond motifs is 2. The Morgan fingerprint density at radius 1 is 1.31 bits per heavy atom. The van der Waals surface area contributed by atoms with Gasteiger partial charge in [0.15, 0.2) is 5.65 Å². The SMILES string of the molecule is CNC(=O)[C@H]1Cc2ccccc2CN1Cc1cnc2c(c1)c(C)nn2C. The standard InChI is InChI=1S/C20H23N5O/c1-13-17-8-14(10-22-19(17)24(3)23-13)11-25-12-16-7-5-4-6-15(16)9-18(25)20(26)21-2/h4-8,10,18H,9,11-12H2,1-3H3,(H,21,26)/t18-/m1/s1. The van der Waals surface area contributed by atoms with Crippen molar-refractivity contribution < 1.29 is 4.79 Å². The Balaban J connectivity index is 1.66. The van der Waals surface area contributed by atoms with Gasteiger partial charge in [-0.15, -0.1) is 0 Å². The van der Waals surface area contributed by atoms with Gasteiger partial charge in [0.05, 0.1) is 11.7 Å². The van der Waals surface area contributed by atoms with E-state index in [1.54, 1.807) is 11.7 Å². The van der Waals surface area contributed by atoms with Crippen molar-refractivity contribution in [2.45, 2.75) is 32.5 Å². The van der Waals surface area contributed by atoms with Crippen molar-refractivity contribution in [2.75, 3.05) is 7.05 Å². The van der Waals surface area contributed by atoms with E-state index in [1.807, 2.05) is 26.2 Å². The number of hydrogen-bond acceptors (Lipinski definition) is 4. The number of carbonyl (C=O) groups is 1. The van der Waals surface area contributed by atoms with E-state index in [0.717, 1.165) is 35.3 Å². The lowest BCUT2D eigenvalue weighted by Crippen LogP contribution is -2.49. The predicted octanol–water partition coefficient (Wildman–Crippen LogP) is 1.95. The van der Waals surface area contributed by atoms with Crippen LogP contribution < -0.4 is 5.32 Å². The Morgan fingerprint density at radius 3 is 2.85 bits per heavy atom. The molecule has 6 heteroatoms. The van der Waals surface area contributed by atoms with Crippen LogP contribution in [0.15, 0.2) is 36.5 Å². The van der Waals surface area contributed by atoms with Crippen LogP contribution in [0.4, 0.5) is 0 Å². The molecule has 4 rings (SSSR count). The summed E-state index contributed by atoms with van der Waals surface area (Å²) in [4.78, 5) is 19.3. The Hall–Kier alpha value is -2.73. The second-order valence-electron chi connectivity index (χ2n) is 6.93. The fraction of sp³-hybridized carbons (Fsp3) is 0.350. The van der Waals surface area contributed by atoms with Crippen molar-refractivity contribution in [1.29, 1.82) is 0 Å². The summed E-state index contributed by atoms with van der Waals surface area (Å²) in [5, 5.41) is 8.32. The zero-order valence-corrected chi connectivity index (χ0v) is 15.4. The van der Waals surface area contributed by atoms with Crippen LogP contribution >= 0.6 is 0 Å². The second kappa shape index (κ2) is 6.53. The van der Waals surface area contributed by atoms with Gasteiger partial charge in [0.1, 0.15) is 0 Å². The number of hydrogen-bond donors (Lipinski definition) is 1. The summed E-state index contributed by atoms with van der Waals surface area (Å²) >= 11 is 0. The number of rotatable bonds is 3. The van der Waals surface area contributed by atoms with Crippen LogP contribution in [0.3, 0.4) is 0 Å². The second-order valence-corrected chi connectivity index (χ2v) is 6.93. The summed E-state index contributed by atoms with van der Waals surface area (Å²) in [6, 6.07) is 10.3. The molecule has 0 saturated carbocycles. The summed E-state index contributed by atoms with van der Waals surface area (Å²) in [6.07, 6.45) is 2.63. The maximum absolute atomic E-state index is 12.5. The van der Waals surface area contributed by atoms with E-state index in [1.165, 1.54) is 11.1 Å². The van der Waals surface area contributed by atoms with E-state index in [0.29, 0.717) is 6.54 Å². The molecule has 26 heavy (non-hydrogen) atoms. The van der Waals surface area contributed by atoms with Gasteiger partial charge in [-0.3, -0.25) is 14.4 Å². The van der Waals surface area contributed by atoms with Crippen LogP contribution in [-0.2, 0) is 31.4 Å². The Morgan fingerprint density at radius 2 is 2.08 bits per heavy atom. The van der Waals surface area contributed by atoms with Crippen molar-refractivity contribution in [3.8, 4) is 0 Å². The molecular formula is C20H23N5O. The van der Waals surface area contributed by atoms with Crippen LogP contribution in [-0.4, -0.2) is 38.7 Å². The van der Waals surface area contributed by atoms with E-state index in [9.17, 15) is 4.79 Å². The summed E-state index contributed by atoms with van der Waals surface area (Å²) in [5.41, 5.74) is 5.51. The molecule has 3 heterocycles. The molecule has 0 saturated heterocycles. The van der Waals surface area contributed by atoms with Crippen LogP contribution in [0.2, 0.25) is 0 Å². The number of nitrogens with zero attached hydrogens (tertiary/aromatic N) is 4. The third kappa shape index (κ3) is 2.86. The first-order valence-corrected chi connectivity index (χ1v) is 8.87. The van der Waals surface area contributed by atoms with Gasteiger partial charge in [-0.2, -0.15) is 5.10 Å². The topological polar surface area (TPSA) is 63.1 Å². The zero-order valence-electron chi connectivity index (χ0n) is 15.4. The molecule has 1 aliphatic rings. The average Bonchev–Trinajstić information content (AvgIpc) is 2.94. The average molecular weight is 349 g/mol. The molecule has 0 bridgehead atoms. The third-order valence-corrected chi connectivity index (χ3v) is 5.20. The molecular weight excluding hydrogens is 326 g/mol. The van der Waals surface area contributed by atoms with Crippen molar-refractivity contribution >= 4 is 16.9 Å². The molecule has 6 nitrogen and oxygen atoms in total. The lowest BCUT2D eigenvalue weighted by molar-refractivity contribution is -0.126. The minimum absolute atomic E-state index is 0.0612. The van der Waals surface area contributed by atoms with Crippen molar-refractivity contribution in [3.05, 3.63) is 58.9 Å². The number of pyridine rings is 1. The highest BCUT2D eigenvalue weighted by Crippen LogP contribution is 2.26.